The van der Waals surface area contributed by atoms with Crippen LogP contribution in [0.1, 0.15) is 18.6 Å². The molecule has 0 unspecified atom stereocenters. The zero-order chi connectivity index (χ0) is 33.4. The van der Waals surface area contributed by atoms with Crippen molar-refractivity contribution in [3.05, 3.63) is 114 Å². The van der Waals surface area contributed by atoms with Crippen molar-refractivity contribution < 1.29 is 34.1 Å². The molecule has 2 heterocycles. The Balaban J connectivity index is 0.000000254. The van der Waals surface area contributed by atoms with Crippen molar-refractivity contribution in [1.82, 2.24) is 15.6 Å². The number of carbonyl (C=O) groups excluding carboxylic acids is 3. The molecule has 4 amide bonds. The summed E-state index contributed by atoms with van der Waals surface area (Å²) < 4.78 is 5.03. The highest BCUT2D eigenvalue weighted by Crippen LogP contribution is 2.33. The van der Waals surface area contributed by atoms with Gasteiger partial charge in [-0.05, 0) is 51.9 Å². The number of hydrogen-bond acceptors (Lipinski definition) is 12. The number of thiazole rings is 1. The van der Waals surface area contributed by atoms with Crippen LogP contribution in [0.3, 0.4) is 0 Å². The molecule has 0 saturated heterocycles. The number of amides is 4. The van der Waals surface area contributed by atoms with Gasteiger partial charge in [-0.15, -0.1) is 0 Å². The van der Waals surface area contributed by atoms with Crippen LogP contribution < -0.4 is 26.0 Å². The van der Waals surface area contributed by atoms with E-state index in [1.54, 1.807) is 19.2 Å². The Morgan fingerprint density at radius 3 is 2.36 bits per heavy atom. The maximum absolute atomic E-state index is 12.2. The third kappa shape index (κ3) is 8.99. The largest absolute Gasteiger partial charge is 0.506 e. The second-order valence-corrected chi connectivity index (χ2v) is 10.3. The van der Waals surface area contributed by atoms with Gasteiger partial charge in [0.15, 0.2) is 0 Å². The molecule has 47 heavy (non-hydrogen) atoms. The van der Waals surface area contributed by atoms with Gasteiger partial charge in [0.25, 0.3) is 17.5 Å². The Morgan fingerprint density at radius 2 is 1.74 bits per heavy atom. The van der Waals surface area contributed by atoms with E-state index in [4.69, 9.17) is 16.3 Å². The van der Waals surface area contributed by atoms with Gasteiger partial charge in [-0.25, -0.2) is 4.79 Å². The second kappa shape index (κ2) is 15.8. The number of methoxy groups -OCH3 is 1. The number of para-hydroxylation sites is 1. The van der Waals surface area contributed by atoms with E-state index in [1.165, 1.54) is 47.8 Å². The number of carbonyl (C=O) groups is 3. The molecular weight excluding hydrogens is 658 g/mol. The van der Waals surface area contributed by atoms with Crippen LogP contribution in [0.25, 0.3) is 5.57 Å². The number of halogens is 1. The fraction of sp³-hybridized carbons (Fsp3) is 0.103. The average molecular weight is 684 g/mol. The Bertz CT molecular complexity index is 1860. The first-order valence-corrected chi connectivity index (χ1v) is 14.1. The minimum atomic E-state index is -0.744. The number of nitrogens with zero attached hydrogens (tertiary/aromatic N) is 3. The topological polar surface area (TPSA) is 228 Å². The van der Waals surface area contributed by atoms with Gasteiger partial charge in [-0.2, -0.15) is 0 Å². The van der Waals surface area contributed by atoms with Crippen LogP contribution in [0.15, 0.2) is 77.8 Å². The number of nitro groups is 2. The summed E-state index contributed by atoms with van der Waals surface area (Å²) in [4.78, 5) is 60.0. The molecule has 0 atom stereocenters. The Morgan fingerprint density at radius 1 is 1.04 bits per heavy atom. The number of phenols is 1. The molecule has 0 aliphatic carbocycles. The summed E-state index contributed by atoms with van der Waals surface area (Å²) in [5.41, 5.74) is 0.672. The van der Waals surface area contributed by atoms with Crippen LogP contribution in [0.5, 0.6) is 11.5 Å². The molecular formula is C29H26ClN7O9S. The van der Waals surface area contributed by atoms with E-state index >= 15 is 0 Å². The zero-order valence-corrected chi connectivity index (χ0v) is 25.0. The van der Waals surface area contributed by atoms with Gasteiger partial charge in [0.05, 0.1) is 33.6 Å². The van der Waals surface area contributed by atoms with E-state index in [-0.39, 0.29) is 51.7 Å². The van der Waals surface area contributed by atoms with Crippen LogP contribution in [0, 0.1) is 20.2 Å². The summed E-state index contributed by atoms with van der Waals surface area (Å²) >= 11 is 6.81. The van der Waals surface area contributed by atoms with Gasteiger partial charge >= 0.3 is 17.0 Å². The van der Waals surface area contributed by atoms with Gasteiger partial charge in [0.2, 0.25) is 0 Å². The number of aromatic nitrogens is 1. The zero-order valence-electron chi connectivity index (χ0n) is 23.5. The number of phenolic OH excluding ortho intramolecular Hbond substituents is 1. The minimum Gasteiger partial charge on any atom is -0.506 e. The lowest BCUT2D eigenvalue weighted by molar-refractivity contribution is -0.389. The molecule has 1 aliphatic rings. The molecule has 1 aromatic heterocycles. The van der Waals surface area contributed by atoms with E-state index in [0.717, 1.165) is 22.6 Å². The van der Waals surface area contributed by atoms with Crippen molar-refractivity contribution in [2.45, 2.75) is 14.0 Å². The predicted octanol–water partition coefficient (Wildman–Crippen LogP) is 5.45. The number of rotatable bonds is 9. The first-order chi connectivity index (χ1) is 22.0. The highest BCUT2D eigenvalue weighted by molar-refractivity contribution is 7.14. The van der Waals surface area contributed by atoms with Crippen molar-refractivity contribution in [2.24, 2.45) is 0 Å². The lowest BCUT2D eigenvalue weighted by Gasteiger charge is -2.09. The van der Waals surface area contributed by atoms with Gasteiger partial charge in [0.1, 0.15) is 17.2 Å². The Hall–Kier alpha value is -6.07. The number of imide groups is 1. The van der Waals surface area contributed by atoms with Crippen LogP contribution in [-0.2, 0) is 16.1 Å². The highest BCUT2D eigenvalue weighted by Gasteiger charge is 2.35. The number of aromatic hydroxyl groups is 1. The summed E-state index contributed by atoms with van der Waals surface area (Å²) in [6.07, 6.45) is 0. The number of benzene rings is 3. The standard InChI is InChI=1S/C16H10ClN3O5.C12H12N4O4S.CH4/c17-10-7-8(5-6-12(10)21)18-14-13(15(22)19-16(14)23)9-3-1-2-4-11(9)20(24)25;1-20-9-4-2-8(3-5-9)6-13-11(17)15-12-14-10(7-21-12)16(18)19;/h1-7,21H,(H2,18,19,22,23);2-5,7H,6H2,1H3,(H2,13,14,15,17);1H4. The molecule has 4 aromatic rings. The van der Waals surface area contributed by atoms with Crippen LogP contribution in [-0.4, -0.2) is 44.9 Å². The SMILES string of the molecule is C.COc1ccc(CNC(=O)Nc2nc([N+](=O)[O-])cs2)cc1.O=C1NC(=O)C(c2ccccc2[N+](=O)[O-])=C1Nc1ccc(O)c(Cl)c1. The summed E-state index contributed by atoms with van der Waals surface area (Å²) in [7, 11) is 1.58. The fourth-order valence-corrected chi connectivity index (χ4v) is 4.71. The van der Waals surface area contributed by atoms with E-state index in [2.05, 4.69) is 26.3 Å². The second-order valence-electron chi connectivity index (χ2n) is 9.02. The molecule has 0 fully saturated rings. The van der Waals surface area contributed by atoms with E-state index in [1.807, 2.05) is 12.1 Å². The molecule has 5 N–H and O–H groups in total. The smallest absolute Gasteiger partial charge is 0.376 e. The van der Waals surface area contributed by atoms with Gasteiger partial charge in [-0.3, -0.25) is 30.3 Å². The molecule has 0 saturated carbocycles. The van der Waals surface area contributed by atoms with Crippen LogP contribution in [0.2, 0.25) is 5.02 Å². The molecule has 244 valence electrons. The molecule has 3 aromatic carbocycles. The van der Waals surface area contributed by atoms with Crippen molar-refractivity contribution in [3.63, 3.8) is 0 Å². The van der Waals surface area contributed by atoms with Crippen LogP contribution >= 0.6 is 22.9 Å². The van der Waals surface area contributed by atoms with Gasteiger partial charge < -0.3 is 30.6 Å². The number of ether oxygens (including phenoxy) is 1. The summed E-state index contributed by atoms with van der Waals surface area (Å²) in [6.45, 7) is 0.323. The lowest BCUT2D eigenvalue weighted by atomic mass is 10.0. The van der Waals surface area contributed by atoms with Crippen molar-refractivity contribution in [1.29, 1.82) is 0 Å². The third-order valence-electron chi connectivity index (χ3n) is 6.03. The fourth-order valence-electron chi connectivity index (χ4n) is 3.88. The van der Waals surface area contributed by atoms with Gasteiger partial charge in [0, 0.05) is 18.3 Å². The molecule has 5 rings (SSSR count). The number of nitro benzene ring substituents is 1. The first kappa shape index (κ1) is 35.4. The molecule has 18 heteroatoms. The number of hydrogen-bond donors (Lipinski definition) is 5. The summed E-state index contributed by atoms with van der Waals surface area (Å²) in [5.74, 6) is -1.16. The maximum Gasteiger partial charge on any atom is 0.376 e. The summed E-state index contributed by atoms with van der Waals surface area (Å²) in [6, 6.07) is 16.5. The van der Waals surface area contributed by atoms with Crippen molar-refractivity contribution >= 4 is 68.7 Å². The monoisotopic (exact) mass is 683 g/mol. The lowest BCUT2D eigenvalue weighted by Crippen LogP contribution is -2.28. The Kier molecular flexibility index (Phi) is 11.9. The number of anilines is 2. The maximum atomic E-state index is 12.2. The van der Waals surface area contributed by atoms with E-state index < -0.39 is 27.7 Å². The summed E-state index contributed by atoms with van der Waals surface area (Å²) in [5, 5.41) is 42.5. The van der Waals surface area contributed by atoms with Gasteiger partial charge in [-0.1, -0.05) is 54.6 Å². The normalized spacial score (nSPS) is 11.8. The minimum absolute atomic E-state index is 0. The first-order valence-electron chi connectivity index (χ1n) is 12.8. The van der Waals surface area contributed by atoms with Crippen molar-refractivity contribution in [3.8, 4) is 11.5 Å². The Labute approximate surface area is 275 Å². The quantitative estimate of drug-likeness (QED) is 0.0644. The van der Waals surface area contributed by atoms with E-state index in [0.29, 0.717) is 12.2 Å². The predicted molar refractivity (Wildman–Crippen MR) is 174 cm³/mol. The highest BCUT2D eigenvalue weighted by atomic mass is 35.5. The van der Waals surface area contributed by atoms with E-state index in [9.17, 15) is 39.7 Å². The third-order valence-corrected chi connectivity index (χ3v) is 7.08. The number of nitrogens with one attached hydrogen (secondary N) is 4. The number of urea groups is 1. The average Bonchev–Trinajstić information content (AvgIpc) is 3.61. The molecule has 16 nitrogen and oxygen atoms in total. The van der Waals surface area contributed by atoms with Crippen molar-refractivity contribution in [2.75, 3.05) is 17.7 Å². The molecule has 0 bridgehead atoms. The van der Waals surface area contributed by atoms with Crippen LogP contribution in [0.4, 0.5) is 27.1 Å². The molecule has 0 spiro atoms. The molecule has 0 radical (unpaired) electrons. The molecule has 1 aliphatic heterocycles.